The fourth-order valence-electron chi connectivity index (χ4n) is 4.52. The maximum Gasteiger partial charge on any atom is 0.237 e. The summed E-state index contributed by atoms with van der Waals surface area (Å²) in [6, 6.07) is 6.40. The number of rotatable bonds is 9. The van der Waals surface area contributed by atoms with E-state index in [9.17, 15) is 9.90 Å². The first kappa shape index (κ1) is 22.2. The zero-order chi connectivity index (χ0) is 20.7. The van der Waals surface area contributed by atoms with Crippen LogP contribution in [0.1, 0.15) is 54.8 Å². The van der Waals surface area contributed by atoms with Gasteiger partial charge in [-0.2, -0.15) is 0 Å². The minimum atomic E-state index is -0.660. The standard InChI is InChI=1S/C23H36N2O4/c1-18-6-7-19-8-11-25(21(20(19)14-18)16-29-13-12-28-2)22(26)15-24-17-23(27)9-4-3-5-10-23/h6-7,14,21,24,27H,3-5,8-13,15-17H2,1-2H3. The molecule has 1 fully saturated rings. The van der Waals surface area contributed by atoms with Crippen molar-refractivity contribution >= 4 is 5.91 Å². The first-order valence-corrected chi connectivity index (χ1v) is 10.9. The second-order valence-corrected chi connectivity index (χ2v) is 8.51. The van der Waals surface area contributed by atoms with Crippen LogP contribution in [-0.4, -0.2) is 68.1 Å². The second-order valence-electron chi connectivity index (χ2n) is 8.51. The molecule has 1 aliphatic carbocycles. The summed E-state index contributed by atoms with van der Waals surface area (Å²) in [7, 11) is 1.66. The summed E-state index contributed by atoms with van der Waals surface area (Å²) in [5, 5.41) is 13.9. The molecule has 1 heterocycles. The van der Waals surface area contributed by atoms with E-state index in [-0.39, 0.29) is 18.5 Å². The predicted molar refractivity (Wildman–Crippen MR) is 113 cm³/mol. The number of aliphatic hydroxyl groups is 1. The molecule has 1 aliphatic heterocycles. The molecule has 0 spiro atoms. The number of fused-ring (bicyclic) bond motifs is 1. The Balaban J connectivity index is 1.62. The number of nitrogens with one attached hydrogen (secondary N) is 1. The highest BCUT2D eigenvalue weighted by Crippen LogP contribution is 2.31. The van der Waals surface area contributed by atoms with Crippen molar-refractivity contribution in [3.63, 3.8) is 0 Å². The van der Waals surface area contributed by atoms with Gasteiger partial charge in [0, 0.05) is 20.2 Å². The van der Waals surface area contributed by atoms with Crippen LogP contribution in [0, 0.1) is 6.92 Å². The minimum absolute atomic E-state index is 0.0666. The lowest BCUT2D eigenvalue weighted by Crippen LogP contribution is -2.49. The third-order valence-electron chi connectivity index (χ3n) is 6.20. The van der Waals surface area contributed by atoms with Gasteiger partial charge in [0.1, 0.15) is 0 Å². The van der Waals surface area contributed by atoms with E-state index in [1.807, 2.05) is 4.90 Å². The van der Waals surface area contributed by atoms with Gasteiger partial charge in [-0.25, -0.2) is 0 Å². The molecule has 1 unspecified atom stereocenters. The maximum absolute atomic E-state index is 13.0. The molecule has 2 aliphatic rings. The summed E-state index contributed by atoms with van der Waals surface area (Å²) in [5.74, 6) is 0.0666. The topological polar surface area (TPSA) is 71.0 Å². The van der Waals surface area contributed by atoms with E-state index in [0.29, 0.717) is 32.9 Å². The Morgan fingerprint density at radius 3 is 2.83 bits per heavy atom. The average molecular weight is 405 g/mol. The molecule has 29 heavy (non-hydrogen) atoms. The van der Waals surface area contributed by atoms with Gasteiger partial charge in [0.25, 0.3) is 0 Å². The third kappa shape index (κ3) is 6.01. The van der Waals surface area contributed by atoms with Crippen LogP contribution in [0.15, 0.2) is 18.2 Å². The number of aryl methyl sites for hydroxylation is 1. The van der Waals surface area contributed by atoms with Crippen LogP contribution in [0.4, 0.5) is 0 Å². The van der Waals surface area contributed by atoms with Gasteiger partial charge < -0.3 is 24.8 Å². The van der Waals surface area contributed by atoms with E-state index in [1.54, 1.807) is 7.11 Å². The lowest BCUT2D eigenvalue weighted by molar-refractivity contribution is -0.135. The monoisotopic (exact) mass is 404 g/mol. The number of carbonyl (C=O) groups is 1. The van der Waals surface area contributed by atoms with Crippen LogP contribution >= 0.6 is 0 Å². The fourth-order valence-corrected chi connectivity index (χ4v) is 4.52. The van der Waals surface area contributed by atoms with Gasteiger partial charge in [0.2, 0.25) is 5.91 Å². The van der Waals surface area contributed by atoms with E-state index >= 15 is 0 Å². The largest absolute Gasteiger partial charge is 0.389 e. The number of benzene rings is 1. The number of carbonyl (C=O) groups excluding carboxylic acids is 1. The van der Waals surface area contributed by atoms with Gasteiger partial charge in [-0.05, 0) is 37.3 Å². The van der Waals surface area contributed by atoms with Crippen LogP contribution < -0.4 is 5.32 Å². The van der Waals surface area contributed by atoms with Crippen molar-refractivity contribution in [1.82, 2.24) is 10.2 Å². The lowest BCUT2D eigenvalue weighted by Gasteiger charge is -2.38. The van der Waals surface area contributed by atoms with E-state index in [4.69, 9.17) is 9.47 Å². The summed E-state index contributed by atoms with van der Waals surface area (Å²) >= 11 is 0. The summed E-state index contributed by atoms with van der Waals surface area (Å²) in [5.41, 5.74) is 3.02. The van der Waals surface area contributed by atoms with Gasteiger partial charge in [-0.3, -0.25) is 4.79 Å². The number of hydrogen-bond acceptors (Lipinski definition) is 5. The van der Waals surface area contributed by atoms with Gasteiger partial charge >= 0.3 is 0 Å². The van der Waals surface area contributed by atoms with E-state index in [1.165, 1.54) is 23.1 Å². The molecule has 0 radical (unpaired) electrons. The van der Waals surface area contributed by atoms with Crippen molar-refractivity contribution in [2.45, 2.75) is 57.1 Å². The highest BCUT2D eigenvalue weighted by atomic mass is 16.5. The molecule has 162 valence electrons. The highest BCUT2D eigenvalue weighted by Gasteiger charge is 2.32. The first-order chi connectivity index (χ1) is 14.0. The average Bonchev–Trinajstić information content (AvgIpc) is 2.71. The Hall–Kier alpha value is -1.47. The first-order valence-electron chi connectivity index (χ1n) is 10.9. The molecular weight excluding hydrogens is 368 g/mol. The summed E-state index contributed by atoms with van der Waals surface area (Å²) < 4.78 is 10.9. The molecule has 1 saturated carbocycles. The van der Waals surface area contributed by atoms with Gasteiger partial charge in [-0.15, -0.1) is 0 Å². The minimum Gasteiger partial charge on any atom is -0.389 e. The molecule has 0 saturated heterocycles. The molecule has 3 rings (SSSR count). The zero-order valence-electron chi connectivity index (χ0n) is 17.9. The SMILES string of the molecule is COCCOCC1c2cc(C)ccc2CCN1C(=O)CNCC1(O)CCCCC1. The van der Waals surface area contributed by atoms with Crippen molar-refractivity contribution in [2.75, 3.05) is 46.6 Å². The lowest BCUT2D eigenvalue weighted by atomic mass is 9.85. The van der Waals surface area contributed by atoms with E-state index in [0.717, 1.165) is 32.1 Å². The Morgan fingerprint density at radius 2 is 2.07 bits per heavy atom. The van der Waals surface area contributed by atoms with Gasteiger partial charge in [0.15, 0.2) is 0 Å². The van der Waals surface area contributed by atoms with Crippen LogP contribution in [0.3, 0.4) is 0 Å². The molecule has 1 aromatic carbocycles. The summed E-state index contributed by atoms with van der Waals surface area (Å²) in [6.07, 6.45) is 5.82. The Kier molecular flexibility index (Phi) is 8.07. The molecule has 6 heteroatoms. The fraction of sp³-hybridized carbons (Fsp3) is 0.696. The van der Waals surface area contributed by atoms with Crippen LogP contribution in [0.2, 0.25) is 0 Å². The van der Waals surface area contributed by atoms with E-state index < -0.39 is 5.60 Å². The Morgan fingerprint density at radius 1 is 1.28 bits per heavy atom. The van der Waals surface area contributed by atoms with Crippen molar-refractivity contribution in [2.24, 2.45) is 0 Å². The van der Waals surface area contributed by atoms with Crippen molar-refractivity contribution in [3.05, 3.63) is 34.9 Å². The number of ether oxygens (including phenoxy) is 2. The van der Waals surface area contributed by atoms with Gasteiger partial charge in [0.05, 0.1) is 38.0 Å². The molecule has 1 aromatic rings. The molecule has 0 aromatic heterocycles. The number of nitrogens with zero attached hydrogens (tertiary/aromatic N) is 1. The zero-order valence-corrected chi connectivity index (χ0v) is 17.9. The van der Waals surface area contributed by atoms with Crippen molar-refractivity contribution < 1.29 is 19.4 Å². The molecule has 6 nitrogen and oxygen atoms in total. The second kappa shape index (κ2) is 10.5. The number of hydrogen-bond donors (Lipinski definition) is 2. The van der Waals surface area contributed by atoms with Crippen molar-refractivity contribution in [3.8, 4) is 0 Å². The molecule has 0 bridgehead atoms. The normalized spacial score (nSPS) is 21.1. The van der Waals surface area contributed by atoms with Gasteiger partial charge in [-0.1, -0.05) is 43.0 Å². The number of amides is 1. The number of methoxy groups -OCH3 is 1. The Bertz CT molecular complexity index is 673. The summed E-state index contributed by atoms with van der Waals surface area (Å²) in [6.45, 7) is 5.03. The van der Waals surface area contributed by atoms with Crippen LogP contribution in [0.25, 0.3) is 0 Å². The third-order valence-corrected chi connectivity index (χ3v) is 6.20. The van der Waals surface area contributed by atoms with Crippen molar-refractivity contribution in [1.29, 1.82) is 0 Å². The molecular formula is C23H36N2O4. The molecule has 2 N–H and O–H groups in total. The maximum atomic E-state index is 13.0. The predicted octanol–water partition coefficient (Wildman–Crippen LogP) is 2.37. The quantitative estimate of drug-likeness (QED) is 0.619. The molecule has 1 amide bonds. The Labute approximate surface area is 174 Å². The van der Waals surface area contributed by atoms with Crippen LogP contribution in [-0.2, 0) is 20.7 Å². The summed E-state index contributed by atoms with van der Waals surface area (Å²) in [4.78, 5) is 15.0. The highest BCUT2D eigenvalue weighted by molar-refractivity contribution is 5.79. The van der Waals surface area contributed by atoms with Crippen LogP contribution in [0.5, 0.6) is 0 Å². The smallest absolute Gasteiger partial charge is 0.237 e. The molecule has 1 atom stereocenters. The van der Waals surface area contributed by atoms with E-state index in [2.05, 4.69) is 30.4 Å².